The van der Waals surface area contributed by atoms with Gasteiger partial charge in [0.1, 0.15) is 0 Å². The van der Waals surface area contributed by atoms with Crippen molar-refractivity contribution in [3.63, 3.8) is 0 Å². The molecule has 6 heteroatoms. The Bertz CT molecular complexity index is 2900. The maximum atomic E-state index is 4.76. The average Bonchev–Trinajstić information content (AvgIpc) is 3.35. The highest BCUT2D eigenvalue weighted by molar-refractivity contribution is 5.85. The van der Waals surface area contributed by atoms with Crippen molar-refractivity contribution in [2.75, 3.05) is 0 Å². The zero-order valence-corrected chi connectivity index (χ0v) is 33.6. The summed E-state index contributed by atoms with van der Waals surface area (Å²) in [6.45, 7) is 6.47. The van der Waals surface area contributed by atoms with E-state index in [2.05, 4.69) is 138 Å². The fourth-order valence-electron chi connectivity index (χ4n) is 7.33. The lowest BCUT2D eigenvalue weighted by atomic mass is 9.92. The molecule has 0 saturated heterocycles. The number of allylic oxidation sites excluding steroid dienone is 5. The minimum absolute atomic E-state index is 0.858. The van der Waals surface area contributed by atoms with E-state index >= 15 is 0 Å². The SMILES string of the molecule is C=C(/C=C\C=C(/C)c1cccnc1)c1cncc(-c2cc(-c3cncc(-c4cccc(-c5cccnc5)c4)c3)cc(-c3cncc(-c4cccc(-c5cccnc5)c4)c3)c2)c1. The van der Waals surface area contributed by atoms with Crippen LogP contribution in [-0.4, -0.2) is 29.9 Å². The monoisotopic (exact) mass is 784 g/mol. The number of hydrogen-bond acceptors (Lipinski definition) is 6. The summed E-state index contributed by atoms with van der Waals surface area (Å²) in [5, 5.41) is 0. The van der Waals surface area contributed by atoms with E-state index in [1.165, 1.54) is 0 Å². The molecule has 0 spiro atoms. The molecule has 6 nitrogen and oxygen atoms in total. The quantitative estimate of drug-likeness (QED) is 0.122. The van der Waals surface area contributed by atoms with Crippen molar-refractivity contribution in [2.45, 2.75) is 6.92 Å². The van der Waals surface area contributed by atoms with Crippen molar-refractivity contribution in [3.05, 3.63) is 232 Å². The number of rotatable bonds is 11. The molecule has 6 heterocycles. The normalized spacial score (nSPS) is 11.5. The fraction of sp³-hybridized carbons (Fsp3) is 0.0182. The van der Waals surface area contributed by atoms with Gasteiger partial charge in [0.15, 0.2) is 0 Å². The molecule has 9 aromatic rings. The Balaban J connectivity index is 1.10. The first-order valence-electron chi connectivity index (χ1n) is 20.0. The first-order valence-corrected chi connectivity index (χ1v) is 20.0. The summed E-state index contributed by atoms with van der Waals surface area (Å²) in [5.74, 6) is 0. The van der Waals surface area contributed by atoms with Gasteiger partial charge in [-0.1, -0.05) is 79.4 Å². The number of aromatic nitrogens is 6. The van der Waals surface area contributed by atoms with Crippen LogP contribution < -0.4 is 0 Å². The summed E-state index contributed by atoms with van der Waals surface area (Å²) >= 11 is 0. The van der Waals surface area contributed by atoms with Crippen molar-refractivity contribution in [1.29, 1.82) is 0 Å². The zero-order valence-electron chi connectivity index (χ0n) is 33.6. The van der Waals surface area contributed by atoms with Crippen LogP contribution in [0.1, 0.15) is 18.1 Å². The zero-order chi connectivity index (χ0) is 41.4. The summed E-state index contributed by atoms with van der Waals surface area (Å²) in [4.78, 5) is 27.1. The Kier molecular flexibility index (Phi) is 11.1. The molecule has 6 aromatic heterocycles. The molecule has 0 unspecified atom stereocenters. The average molecular weight is 785 g/mol. The van der Waals surface area contributed by atoms with Crippen LogP contribution in [0.2, 0.25) is 0 Å². The Morgan fingerprint density at radius 1 is 0.361 bits per heavy atom. The maximum absolute atomic E-state index is 4.76. The van der Waals surface area contributed by atoms with Gasteiger partial charge < -0.3 is 0 Å². The molecule has 0 bridgehead atoms. The molecule has 0 aliphatic carbocycles. The van der Waals surface area contributed by atoms with E-state index in [0.29, 0.717) is 0 Å². The Morgan fingerprint density at radius 2 is 0.721 bits per heavy atom. The van der Waals surface area contributed by atoms with E-state index in [-0.39, 0.29) is 0 Å². The summed E-state index contributed by atoms with van der Waals surface area (Å²) in [6.07, 6.45) is 28.6. The van der Waals surface area contributed by atoms with E-state index in [0.717, 1.165) is 100 Å². The first-order chi connectivity index (χ1) is 30.0. The van der Waals surface area contributed by atoms with E-state index < -0.39 is 0 Å². The lowest BCUT2D eigenvalue weighted by Crippen LogP contribution is -1.91. The van der Waals surface area contributed by atoms with Gasteiger partial charge in [0.2, 0.25) is 0 Å². The van der Waals surface area contributed by atoms with Gasteiger partial charge in [-0.05, 0) is 129 Å². The molecule has 0 atom stereocenters. The topological polar surface area (TPSA) is 77.3 Å². The van der Waals surface area contributed by atoms with Gasteiger partial charge in [-0.3, -0.25) is 29.9 Å². The van der Waals surface area contributed by atoms with Gasteiger partial charge in [0.25, 0.3) is 0 Å². The highest BCUT2D eigenvalue weighted by Crippen LogP contribution is 2.36. The van der Waals surface area contributed by atoms with Crippen molar-refractivity contribution in [1.82, 2.24) is 29.9 Å². The Hall–Kier alpha value is -8.22. The maximum Gasteiger partial charge on any atom is 0.0346 e. The minimum Gasteiger partial charge on any atom is -0.264 e. The highest BCUT2D eigenvalue weighted by atomic mass is 14.6. The molecule has 3 aromatic carbocycles. The lowest BCUT2D eigenvalue weighted by molar-refractivity contribution is 1.30. The van der Waals surface area contributed by atoms with Crippen LogP contribution in [-0.2, 0) is 0 Å². The van der Waals surface area contributed by atoms with Crippen molar-refractivity contribution >= 4 is 11.1 Å². The van der Waals surface area contributed by atoms with Crippen LogP contribution in [0.3, 0.4) is 0 Å². The Morgan fingerprint density at radius 3 is 1.20 bits per heavy atom. The highest BCUT2D eigenvalue weighted by Gasteiger charge is 2.13. The molecular weight excluding hydrogens is 745 g/mol. The van der Waals surface area contributed by atoms with Crippen LogP contribution >= 0.6 is 0 Å². The summed E-state index contributed by atoms with van der Waals surface area (Å²) in [7, 11) is 0. The molecule has 0 N–H and O–H groups in total. The van der Waals surface area contributed by atoms with Crippen LogP contribution in [0.15, 0.2) is 220 Å². The van der Waals surface area contributed by atoms with Crippen LogP contribution in [0.5, 0.6) is 0 Å². The molecule has 0 aliphatic heterocycles. The predicted octanol–water partition coefficient (Wildman–Crippen LogP) is 13.4. The molecule has 0 saturated carbocycles. The second kappa shape index (κ2) is 17.7. The van der Waals surface area contributed by atoms with E-state index in [1.54, 1.807) is 18.6 Å². The van der Waals surface area contributed by atoms with Crippen molar-refractivity contribution in [3.8, 4) is 77.9 Å². The third-order valence-corrected chi connectivity index (χ3v) is 10.7. The van der Waals surface area contributed by atoms with Gasteiger partial charge in [0.05, 0.1) is 0 Å². The molecular formula is C55H40N6. The summed E-state index contributed by atoms with van der Waals surface area (Å²) in [6, 6.07) is 42.3. The standard InChI is InChI=1S/C55H40N6/c1-38(44-15-6-18-56-29-44)9-3-10-39(2)50-26-53(35-59-32-50)47-23-48(54-27-51(33-60-36-54)42-13-4-11-40(21-42)45-16-7-19-57-30-45)25-49(24-47)55-28-52(34-61-37-55)43-14-5-12-41(22-43)46-17-8-20-58-31-46/h3-37H,2H2,1H3/b10-3-,38-9+. The van der Waals surface area contributed by atoms with Gasteiger partial charge >= 0.3 is 0 Å². The number of benzene rings is 3. The summed E-state index contributed by atoms with van der Waals surface area (Å²) in [5.41, 5.74) is 18.5. The lowest BCUT2D eigenvalue weighted by Gasteiger charge is -2.14. The number of hydrogen-bond donors (Lipinski definition) is 0. The van der Waals surface area contributed by atoms with Gasteiger partial charge in [0, 0.05) is 119 Å². The molecule has 61 heavy (non-hydrogen) atoms. The predicted molar refractivity (Wildman–Crippen MR) is 250 cm³/mol. The largest absolute Gasteiger partial charge is 0.264 e. The second-order valence-electron chi connectivity index (χ2n) is 14.8. The molecule has 0 amide bonds. The molecule has 0 radical (unpaired) electrons. The molecule has 0 aliphatic rings. The van der Waals surface area contributed by atoms with Gasteiger partial charge in [-0.2, -0.15) is 0 Å². The van der Waals surface area contributed by atoms with E-state index in [9.17, 15) is 0 Å². The molecule has 0 fully saturated rings. The molecule has 9 rings (SSSR count). The van der Waals surface area contributed by atoms with Crippen molar-refractivity contribution < 1.29 is 0 Å². The van der Waals surface area contributed by atoms with E-state index in [4.69, 9.17) is 15.0 Å². The van der Waals surface area contributed by atoms with Crippen molar-refractivity contribution in [2.24, 2.45) is 0 Å². The van der Waals surface area contributed by atoms with Crippen LogP contribution in [0.25, 0.3) is 89.0 Å². The van der Waals surface area contributed by atoms with Crippen LogP contribution in [0, 0.1) is 0 Å². The summed E-state index contributed by atoms with van der Waals surface area (Å²) < 4.78 is 0. The van der Waals surface area contributed by atoms with Gasteiger partial charge in [-0.15, -0.1) is 0 Å². The Labute approximate surface area is 356 Å². The van der Waals surface area contributed by atoms with E-state index in [1.807, 2.05) is 86.1 Å². The number of pyridine rings is 6. The fourth-order valence-corrected chi connectivity index (χ4v) is 7.33. The first kappa shape index (κ1) is 38.3. The van der Waals surface area contributed by atoms with Gasteiger partial charge in [-0.25, -0.2) is 0 Å². The third-order valence-electron chi connectivity index (χ3n) is 10.7. The molecule has 290 valence electrons. The number of nitrogens with zero attached hydrogens (tertiary/aromatic N) is 6. The minimum atomic E-state index is 0.858. The van der Waals surface area contributed by atoms with Crippen LogP contribution in [0.4, 0.5) is 0 Å². The third kappa shape index (κ3) is 8.94. The smallest absolute Gasteiger partial charge is 0.0346 e. The second-order valence-corrected chi connectivity index (χ2v) is 14.8.